The van der Waals surface area contributed by atoms with E-state index in [-0.39, 0.29) is 0 Å². The van der Waals surface area contributed by atoms with Gasteiger partial charge in [0.2, 0.25) is 0 Å². The van der Waals surface area contributed by atoms with Crippen LogP contribution in [0.15, 0.2) is 0 Å². The number of carbonyl (C=O) groups is 1. The summed E-state index contributed by atoms with van der Waals surface area (Å²) in [5, 5.41) is 11.8. The molecule has 0 aromatic heterocycles. The van der Waals surface area contributed by atoms with Crippen molar-refractivity contribution in [3.63, 3.8) is 0 Å². The standard InChI is InChI=1S/C10H20N2O2/c1-7(8-4-2-3-5-8)12-6-9(11)10(13)14/h7-9,12H,2-6,11H2,1H3,(H,13,14)/t7-,9?/m1/s1. The molecular weight excluding hydrogens is 180 g/mol. The number of carboxylic acids is 1. The summed E-state index contributed by atoms with van der Waals surface area (Å²) in [7, 11) is 0. The predicted octanol–water partition coefficient (Wildman–Crippen LogP) is 0.567. The van der Waals surface area contributed by atoms with Crippen molar-refractivity contribution in [1.29, 1.82) is 0 Å². The van der Waals surface area contributed by atoms with Gasteiger partial charge in [-0.3, -0.25) is 4.79 Å². The summed E-state index contributed by atoms with van der Waals surface area (Å²) in [6.45, 7) is 2.48. The van der Waals surface area contributed by atoms with E-state index in [1.165, 1.54) is 25.7 Å². The predicted molar refractivity (Wildman–Crippen MR) is 55.0 cm³/mol. The summed E-state index contributed by atoms with van der Waals surface area (Å²) >= 11 is 0. The van der Waals surface area contributed by atoms with E-state index in [0.29, 0.717) is 18.5 Å². The molecule has 0 aromatic carbocycles. The highest BCUT2D eigenvalue weighted by Gasteiger charge is 2.22. The number of hydrogen-bond donors (Lipinski definition) is 3. The Morgan fingerprint density at radius 3 is 2.64 bits per heavy atom. The molecule has 4 nitrogen and oxygen atoms in total. The van der Waals surface area contributed by atoms with Crippen LogP contribution in [0, 0.1) is 5.92 Å². The highest BCUT2D eigenvalue weighted by Crippen LogP contribution is 2.27. The van der Waals surface area contributed by atoms with Crippen LogP contribution in [0.25, 0.3) is 0 Å². The monoisotopic (exact) mass is 200 g/mol. The second-order valence-corrected chi connectivity index (χ2v) is 4.19. The number of nitrogens with two attached hydrogens (primary N) is 1. The van der Waals surface area contributed by atoms with Gasteiger partial charge in [-0.05, 0) is 25.7 Å². The van der Waals surface area contributed by atoms with E-state index >= 15 is 0 Å². The van der Waals surface area contributed by atoms with Gasteiger partial charge >= 0.3 is 5.97 Å². The van der Waals surface area contributed by atoms with Gasteiger partial charge in [0.25, 0.3) is 0 Å². The number of rotatable bonds is 5. The summed E-state index contributed by atoms with van der Waals surface area (Å²) in [5.41, 5.74) is 5.40. The summed E-state index contributed by atoms with van der Waals surface area (Å²) in [6.07, 6.45) is 5.14. The minimum Gasteiger partial charge on any atom is -0.480 e. The third kappa shape index (κ3) is 3.27. The van der Waals surface area contributed by atoms with Gasteiger partial charge in [-0.15, -0.1) is 0 Å². The highest BCUT2D eigenvalue weighted by molar-refractivity contribution is 5.73. The van der Waals surface area contributed by atoms with Gasteiger partial charge in [-0.1, -0.05) is 12.8 Å². The molecular formula is C10H20N2O2. The van der Waals surface area contributed by atoms with Crippen molar-refractivity contribution in [2.45, 2.75) is 44.7 Å². The molecule has 0 amide bonds. The molecule has 4 heteroatoms. The Kier molecular flexibility index (Phi) is 4.35. The molecule has 14 heavy (non-hydrogen) atoms. The Labute approximate surface area is 84.9 Å². The molecule has 1 rings (SSSR count). The molecule has 0 saturated heterocycles. The summed E-state index contributed by atoms with van der Waals surface area (Å²) in [6, 6.07) is -0.387. The fourth-order valence-electron chi connectivity index (χ4n) is 2.02. The van der Waals surface area contributed by atoms with Gasteiger partial charge < -0.3 is 16.2 Å². The summed E-state index contributed by atoms with van der Waals surface area (Å²) in [4.78, 5) is 10.5. The number of hydrogen-bond acceptors (Lipinski definition) is 3. The lowest BCUT2D eigenvalue weighted by atomic mass is 10.00. The van der Waals surface area contributed by atoms with Crippen molar-refractivity contribution in [3.8, 4) is 0 Å². The normalized spacial score (nSPS) is 22.1. The smallest absolute Gasteiger partial charge is 0.321 e. The third-order valence-electron chi connectivity index (χ3n) is 3.08. The van der Waals surface area contributed by atoms with Crippen LogP contribution in [0.1, 0.15) is 32.6 Å². The van der Waals surface area contributed by atoms with Crippen LogP contribution in [-0.2, 0) is 4.79 Å². The molecule has 0 spiro atoms. The number of carboxylic acid groups (broad SMARTS) is 1. The largest absolute Gasteiger partial charge is 0.480 e. The average Bonchev–Trinajstić information content (AvgIpc) is 2.66. The van der Waals surface area contributed by atoms with Crippen LogP contribution in [0.3, 0.4) is 0 Å². The van der Waals surface area contributed by atoms with E-state index in [1.807, 2.05) is 0 Å². The lowest BCUT2D eigenvalue weighted by molar-refractivity contribution is -0.138. The molecule has 1 unspecified atom stereocenters. The average molecular weight is 200 g/mol. The quantitative estimate of drug-likeness (QED) is 0.606. The zero-order valence-electron chi connectivity index (χ0n) is 8.70. The fourth-order valence-corrected chi connectivity index (χ4v) is 2.02. The Bertz CT molecular complexity index is 191. The van der Waals surface area contributed by atoms with Crippen molar-refractivity contribution in [2.24, 2.45) is 11.7 Å². The van der Waals surface area contributed by atoms with E-state index < -0.39 is 12.0 Å². The van der Waals surface area contributed by atoms with Gasteiger partial charge in [-0.25, -0.2) is 0 Å². The van der Waals surface area contributed by atoms with Crippen molar-refractivity contribution in [3.05, 3.63) is 0 Å². The lowest BCUT2D eigenvalue weighted by Gasteiger charge is -2.21. The SMILES string of the molecule is C[C@@H](NCC(N)C(=O)O)C1CCCC1. The molecule has 2 atom stereocenters. The first-order valence-corrected chi connectivity index (χ1v) is 5.33. The molecule has 1 aliphatic rings. The van der Waals surface area contributed by atoms with E-state index in [4.69, 9.17) is 10.8 Å². The van der Waals surface area contributed by atoms with Gasteiger partial charge in [0.15, 0.2) is 0 Å². The Balaban J connectivity index is 2.19. The van der Waals surface area contributed by atoms with Crippen molar-refractivity contribution < 1.29 is 9.90 Å². The first-order chi connectivity index (χ1) is 6.61. The number of aliphatic carboxylic acids is 1. The fraction of sp³-hybridized carbons (Fsp3) is 0.900. The van der Waals surface area contributed by atoms with Crippen molar-refractivity contribution >= 4 is 5.97 Å². The van der Waals surface area contributed by atoms with Crippen LogP contribution in [0.5, 0.6) is 0 Å². The molecule has 4 N–H and O–H groups in total. The zero-order valence-corrected chi connectivity index (χ0v) is 8.70. The van der Waals surface area contributed by atoms with Crippen LogP contribution < -0.4 is 11.1 Å². The summed E-state index contributed by atoms with van der Waals surface area (Å²) in [5.74, 6) is -0.230. The first-order valence-electron chi connectivity index (χ1n) is 5.33. The van der Waals surface area contributed by atoms with Gasteiger partial charge in [0, 0.05) is 12.6 Å². The van der Waals surface area contributed by atoms with E-state index in [9.17, 15) is 4.79 Å². The van der Waals surface area contributed by atoms with Gasteiger partial charge in [0.1, 0.15) is 6.04 Å². The Morgan fingerprint density at radius 1 is 1.57 bits per heavy atom. The van der Waals surface area contributed by atoms with Crippen molar-refractivity contribution in [1.82, 2.24) is 5.32 Å². The molecule has 82 valence electrons. The second kappa shape index (κ2) is 5.32. The molecule has 0 aromatic rings. The van der Waals surface area contributed by atoms with E-state index in [1.54, 1.807) is 0 Å². The van der Waals surface area contributed by atoms with Crippen LogP contribution in [-0.4, -0.2) is 29.7 Å². The highest BCUT2D eigenvalue weighted by atomic mass is 16.4. The summed E-state index contributed by atoms with van der Waals surface area (Å²) < 4.78 is 0. The molecule has 0 aliphatic heterocycles. The number of nitrogens with one attached hydrogen (secondary N) is 1. The minimum atomic E-state index is -0.934. The first kappa shape index (κ1) is 11.5. The maximum absolute atomic E-state index is 10.5. The molecule has 1 aliphatic carbocycles. The Hall–Kier alpha value is -0.610. The molecule has 0 bridgehead atoms. The van der Waals surface area contributed by atoms with Gasteiger partial charge in [-0.2, -0.15) is 0 Å². The molecule has 1 fully saturated rings. The minimum absolute atomic E-state index is 0.368. The van der Waals surface area contributed by atoms with Crippen LogP contribution in [0.2, 0.25) is 0 Å². The maximum Gasteiger partial charge on any atom is 0.321 e. The van der Waals surface area contributed by atoms with E-state index in [2.05, 4.69) is 12.2 Å². The Morgan fingerprint density at radius 2 is 2.14 bits per heavy atom. The van der Waals surface area contributed by atoms with Crippen LogP contribution in [0.4, 0.5) is 0 Å². The maximum atomic E-state index is 10.5. The molecule has 0 radical (unpaired) electrons. The van der Waals surface area contributed by atoms with E-state index in [0.717, 1.165) is 0 Å². The molecule has 1 saturated carbocycles. The zero-order chi connectivity index (χ0) is 10.6. The van der Waals surface area contributed by atoms with Gasteiger partial charge in [0.05, 0.1) is 0 Å². The molecule has 0 heterocycles. The lowest BCUT2D eigenvalue weighted by Crippen LogP contribution is -2.44. The topological polar surface area (TPSA) is 75.3 Å². The van der Waals surface area contributed by atoms with Crippen molar-refractivity contribution in [2.75, 3.05) is 6.54 Å². The third-order valence-corrected chi connectivity index (χ3v) is 3.08. The second-order valence-electron chi connectivity index (χ2n) is 4.19. The van der Waals surface area contributed by atoms with Crippen LogP contribution >= 0.6 is 0 Å².